The molecule has 1 radical (unpaired) electrons. The Hall–Kier alpha value is -2.08. The molecule has 0 unspecified atom stereocenters. The molecule has 0 atom stereocenters. The fraction of sp³-hybridized carbons (Fsp3) is 0.0556. The van der Waals surface area contributed by atoms with Crippen LogP contribution >= 0.6 is 0 Å². The normalized spacial score (nSPS) is 10.7. The Labute approximate surface area is 108 Å². The maximum Gasteiger partial charge on any atom is -0.00492 e. The second-order valence-corrected chi connectivity index (χ2v) is 4.46. The Kier molecular flexibility index (Phi) is 3.10. The van der Waals surface area contributed by atoms with Gasteiger partial charge in [0.15, 0.2) is 0 Å². The molecule has 0 aromatic heterocycles. The van der Waals surface area contributed by atoms with Gasteiger partial charge in [-0.1, -0.05) is 72.8 Å². The van der Waals surface area contributed by atoms with Crippen molar-refractivity contribution in [2.75, 3.05) is 0 Å². The molecule has 0 nitrogen and oxygen atoms in total. The van der Waals surface area contributed by atoms with E-state index in [-0.39, 0.29) is 0 Å². The lowest BCUT2D eigenvalue weighted by Crippen LogP contribution is -1.89. The van der Waals surface area contributed by atoms with Crippen LogP contribution in [0.25, 0.3) is 10.8 Å². The lowest BCUT2D eigenvalue weighted by molar-refractivity contribution is 1.19. The smallest absolute Gasteiger partial charge is 0.00492 e. The molecule has 0 spiro atoms. The highest BCUT2D eigenvalue weighted by Crippen LogP contribution is 2.20. The SMILES string of the molecule is [CH](Cc1cccc2ccccc12)c1ccccc1. The van der Waals surface area contributed by atoms with E-state index in [0.29, 0.717) is 0 Å². The van der Waals surface area contributed by atoms with Crippen molar-refractivity contribution >= 4 is 10.8 Å². The number of hydrogen-bond donors (Lipinski definition) is 0. The van der Waals surface area contributed by atoms with Crippen LogP contribution in [-0.4, -0.2) is 0 Å². The van der Waals surface area contributed by atoms with Crippen LogP contribution in [0.2, 0.25) is 0 Å². The van der Waals surface area contributed by atoms with Crippen molar-refractivity contribution in [2.45, 2.75) is 6.42 Å². The monoisotopic (exact) mass is 231 g/mol. The van der Waals surface area contributed by atoms with Gasteiger partial charge < -0.3 is 0 Å². The zero-order valence-corrected chi connectivity index (χ0v) is 10.2. The van der Waals surface area contributed by atoms with Crippen molar-refractivity contribution in [3.8, 4) is 0 Å². The topological polar surface area (TPSA) is 0 Å². The second-order valence-electron chi connectivity index (χ2n) is 4.46. The van der Waals surface area contributed by atoms with Crippen molar-refractivity contribution in [3.05, 3.63) is 90.3 Å². The van der Waals surface area contributed by atoms with Gasteiger partial charge in [-0.05, 0) is 34.7 Å². The van der Waals surface area contributed by atoms with Gasteiger partial charge in [0.2, 0.25) is 0 Å². The minimum Gasteiger partial charge on any atom is -0.0622 e. The summed E-state index contributed by atoms with van der Waals surface area (Å²) < 4.78 is 0. The van der Waals surface area contributed by atoms with E-state index < -0.39 is 0 Å². The van der Waals surface area contributed by atoms with E-state index in [1.807, 2.05) is 0 Å². The molecular weight excluding hydrogens is 216 g/mol. The molecule has 3 aromatic rings. The fourth-order valence-electron chi connectivity index (χ4n) is 2.29. The van der Waals surface area contributed by atoms with E-state index in [4.69, 9.17) is 0 Å². The Morgan fingerprint density at radius 2 is 1.39 bits per heavy atom. The standard InChI is InChI=1S/C18H15/c1-2-7-15(8-3-1)13-14-17-11-6-10-16-9-4-5-12-18(16)17/h1-13H,14H2. The van der Waals surface area contributed by atoms with Gasteiger partial charge in [-0.25, -0.2) is 0 Å². The molecule has 0 bridgehead atoms. The molecule has 3 rings (SSSR count). The van der Waals surface area contributed by atoms with Crippen molar-refractivity contribution in [3.63, 3.8) is 0 Å². The third-order valence-corrected chi connectivity index (χ3v) is 3.24. The Bertz CT molecular complexity index is 633. The van der Waals surface area contributed by atoms with Gasteiger partial charge in [0, 0.05) is 0 Å². The van der Waals surface area contributed by atoms with Gasteiger partial charge in [0.05, 0.1) is 0 Å². The van der Waals surface area contributed by atoms with Crippen LogP contribution in [0.15, 0.2) is 72.8 Å². The van der Waals surface area contributed by atoms with Gasteiger partial charge in [0.25, 0.3) is 0 Å². The molecule has 0 heteroatoms. The number of benzene rings is 3. The van der Waals surface area contributed by atoms with E-state index in [1.165, 1.54) is 21.9 Å². The summed E-state index contributed by atoms with van der Waals surface area (Å²) in [6, 6.07) is 25.6. The summed E-state index contributed by atoms with van der Waals surface area (Å²) in [5, 5.41) is 2.67. The lowest BCUT2D eigenvalue weighted by Gasteiger charge is -2.06. The molecule has 0 amide bonds. The van der Waals surface area contributed by atoms with Crippen LogP contribution in [0.1, 0.15) is 11.1 Å². The zero-order chi connectivity index (χ0) is 12.2. The van der Waals surface area contributed by atoms with Crippen molar-refractivity contribution in [2.24, 2.45) is 0 Å². The molecule has 0 fully saturated rings. The molecular formula is C18H15. The third-order valence-electron chi connectivity index (χ3n) is 3.24. The van der Waals surface area contributed by atoms with Crippen LogP contribution in [0, 0.1) is 6.42 Å². The molecule has 87 valence electrons. The van der Waals surface area contributed by atoms with Gasteiger partial charge in [-0.2, -0.15) is 0 Å². The first-order chi connectivity index (χ1) is 8.93. The Morgan fingerprint density at radius 1 is 0.667 bits per heavy atom. The minimum atomic E-state index is 0.978. The molecule has 0 aliphatic heterocycles. The minimum absolute atomic E-state index is 0.978. The van der Waals surface area contributed by atoms with Crippen LogP contribution < -0.4 is 0 Å². The van der Waals surface area contributed by atoms with Crippen molar-refractivity contribution < 1.29 is 0 Å². The average molecular weight is 231 g/mol. The highest BCUT2D eigenvalue weighted by atomic mass is 14.0. The highest BCUT2D eigenvalue weighted by molar-refractivity contribution is 5.85. The fourth-order valence-corrected chi connectivity index (χ4v) is 2.29. The van der Waals surface area contributed by atoms with Crippen molar-refractivity contribution in [1.29, 1.82) is 0 Å². The van der Waals surface area contributed by atoms with Crippen LogP contribution in [-0.2, 0) is 6.42 Å². The largest absolute Gasteiger partial charge is 0.0622 e. The van der Waals surface area contributed by atoms with Gasteiger partial charge in [-0.3, -0.25) is 0 Å². The molecule has 3 aromatic carbocycles. The third kappa shape index (κ3) is 2.28. The molecule has 0 saturated heterocycles. The number of fused-ring (bicyclic) bond motifs is 1. The highest BCUT2D eigenvalue weighted by Gasteiger charge is 2.00. The van der Waals surface area contributed by atoms with E-state index in [0.717, 1.165) is 6.42 Å². The van der Waals surface area contributed by atoms with Crippen LogP contribution in [0.5, 0.6) is 0 Å². The summed E-state index contributed by atoms with van der Waals surface area (Å²) in [5.41, 5.74) is 2.67. The molecule has 0 aliphatic rings. The molecule has 0 saturated carbocycles. The number of hydrogen-bond acceptors (Lipinski definition) is 0. The van der Waals surface area contributed by atoms with Gasteiger partial charge in [-0.15, -0.1) is 0 Å². The van der Waals surface area contributed by atoms with Crippen LogP contribution in [0.3, 0.4) is 0 Å². The summed E-state index contributed by atoms with van der Waals surface area (Å²) in [6.07, 6.45) is 3.26. The van der Waals surface area contributed by atoms with Crippen molar-refractivity contribution in [1.82, 2.24) is 0 Å². The molecule has 0 heterocycles. The maximum absolute atomic E-state index is 2.28. The first-order valence-electron chi connectivity index (χ1n) is 6.28. The van der Waals surface area contributed by atoms with Gasteiger partial charge in [0.1, 0.15) is 0 Å². The summed E-state index contributed by atoms with van der Waals surface area (Å²) in [6.45, 7) is 0. The second kappa shape index (κ2) is 5.05. The Balaban J connectivity index is 1.87. The van der Waals surface area contributed by atoms with Gasteiger partial charge >= 0.3 is 0 Å². The number of rotatable bonds is 3. The van der Waals surface area contributed by atoms with E-state index in [1.54, 1.807) is 0 Å². The summed E-state index contributed by atoms with van der Waals surface area (Å²) in [7, 11) is 0. The average Bonchev–Trinajstić information content (AvgIpc) is 2.46. The summed E-state index contributed by atoms with van der Waals surface area (Å²) in [4.78, 5) is 0. The quantitative estimate of drug-likeness (QED) is 0.616. The molecule has 0 aliphatic carbocycles. The predicted octanol–water partition coefficient (Wildman–Crippen LogP) is 4.63. The first kappa shape index (κ1) is 11.0. The summed E-state index contributed by atoms with van der Waals surface area (Å²) >= 11 is 0. The maximum atomic E-state index is 2.28. The van der Waals surface area contributed by atoms with Crippen LogP contribution in [0.4, 0.5) is 0 Å². The zero-order valence-electron chi connectivity index (χ0n) is 10.2. The molecule has 0 N–H and O–H groups in total. The summed E-state index contributed by atoms with van der Waals surface area (Å²) in [5.74, 6) is 0. The van der Waals surface area contributed by atoms with E-state index in [9.17, 15) is 0 Å². The predicted molar refractivity (Wildman–Crippen MR) is 77.5 cm³/mol. The van der Waals surface area contributed by atoms with E-state index >= 15 is 0 Å². The first-order valence-corrected chi connectivity index (χ1v) is 6.28. The molecule has 18 heavy (non-hydrogen) atoms. The van der Waals surface area contributed by atoms with E-state index in [2.05, 4.69) is 79.2 Å². The lowest BCUT2D eigenvalue weighted by atomic mass is 9.99. The Morgan fingerprint density at radius 3 is 2.28 bits per heavy atom.